The van der Waals surface area contributed by atoms with Gasteiger partial charge in [0, 0.05) is 24.8 Å². The van der Waals surface area contributed by atoms with E-state index in [1.54, 1.807) is 18.3 Å². The number of anilines is 1. The molecular weight excluding hydrogens is 311 g/mol. The molecule has 0 saturated heterocycles. The lowest BCUT2D eigenvalue weighted by atomic mass is 10.2. The summed E-state index contributed by atoms with van der Waals surface area (Å²) in [5.74, 6) is 0.534. The second-order valence-corrected chi connectivity index (χ2v) is 4.87. The molecule has 1 atom stereocenters. The summed E-state index contributed by atoms with van der Waals surface area (Å²) < 4.78 is 0. The van der Waals surface area contributed by atoms with Gasteiger partial charge in [0.15, 0.2) is 0 Å². The van der Waals surface area contributed by atoms with E-state index in [0.29, 0.717) is 17.9 Å². The number of likely N-dealkylation sites (N-methyl/N-ethyl adjacent to an activating group) is 1. The molecule has 1 amide bonds. The van der Waals surface area contributed by atoms with Crippen LogP contribution in [0.4, 0.5) is 5.82 Å². The summed E-state index contributed by atoms with van der Waals surface area (Å²) in [6.45, 7) is 9.62. The smallest absolute Gasteiger partial charge is 0.255 e. The molecule has 5 nitrogen and oxygen atoms in total. The van der Waals surface area contributed by atoms with Crippen LogP contribution in [0.1, 0.15) is 38.1 Å². The van der Waals surface area contributed by atoms with Crippen molar-refractivity contribution < 1.29 is 4.79 Å². The largest absolute Gasteiger partial charge is 0.367 e. The van der Waals surface area contributed by atoms with E-state index in [9.17, 15) is 4.79 Å². The maximum atomic E-state index is 12.1. The van der Waals surface area contributed by atoms with Crippen LogP contribution in [0.25, 0.3) is 0 Å². The molecular formula is C14H26Cl2N4O. The van der Waals surface area contributed by atoms with E-state index in [-0.39, 0.29) is 42.8 Å². The average molecular weight is 337 g/mol. The van der Waals surface area contributed by atoms with Gasteiger partial charge >= 0.3 is 0 Å². The molecule has 0 aliphatic rings. The minimum Gasteiger partial charge on any atom is -0.367 e. The van der Waals surface area contributed by atoms with Crippen molar-refractivity contribution in [1.82, 2.24) is 15.6 Å². The summed E-state index contributed by atoms with van der Waals surface area (Å²) in [6, 6.07) is 4.05. The lowest BCUT2D eigenvalue weighted by molar-refractivity contribution is 0.0950. The highest BCUT2D eigenvalue weighted by Gasteiger charge is 2.13. The van der Waals surface area contributed by atoms with Gasteiger partial charge in [-0.2, -0.15) is 0 Å². The fourth-order valence-corrected chi connectivity index (χ4v) is 1.74. The Kier molecular flexibility index (Phi) is 12.3. The van der Waals surface area contributed by atoms with E-state index in [2.05, 4.69) is 20.9 Å². The molecule has 0 unspecified atom stereocenters. The summed E-state index contributed by atoms with van der Waals surface area (Å²) in [7, 11) is 0. The molecule has 0 aliphatic carbocycles. The topological polar surface area (TPSA) is 66.0 Å². The molecule has 3 N–H and O–H groups in total. The molecule has 1 aromatic heterocycles. The molecule has 1 rings (SSSR count). The lowest BCUT2D eigenvalue weighted by Crippen LogP contribution is -2.39. The van der Waals surface area contributed by atoms with Crippen molar-refractivity contribution in [2.75, 3.05) is 18.4 Å². The van der Waals surface area contributed by atoms with E-state index >= 15 is 0 Å². The minimum atomic E-state index is -0.0963. The molecule has 0 radical (unpaired) electrons. The Balaban J connectivity index is 0. The van der Waals surface area contributed by atoms with Gasteiger partial charge in [-0.1, -0.05) is 6.92 Å². The van der Waals surface area contributed by atoms with Crippen molar-refractivity contribution in [1.29, 1.82) is 0 Å². The summed E-state index contributed by atoms with van der Waals surface area (Å²) in [5.41, 5.74) is 0.583. The van der Waals surface area contributed by atoms with Gasteiger partial charge in [0.05, 0.1) is 5.56 Å². The molecule has 0 saturated carbocycles. The van der Waals surface area contributed by atoms with Crippen molar-refractivity contribution in [3.05, 3.63) is 23.9 Å². The quantitative estimate of drug-likeness (QED) is 0.715. The van der Waals surface area contributed by atoms with Crippen LogP contribution in [0.2, 0.25) is 0 Å². The highest BCUT2D eigenvalue weighted by atomic mass is 35.5. The molecule has 0 spiro atoms. The number of carbonyl (C=O) groups excluding carboxylic acids is 1. The van der Waals surface area contributed by atoms with Gasteiger partial charge < -0.3 is 16.0 Å². The molecule has 1 heterocycles. The molecule has 7 heteroatoms. The first kappa shape index (κ1) is 22.2. The predicted octanol–water partition coefficient (Wildman–Crippen LogP) is 2.47. The highest BCUT2D eigenvalue weighted by molar-refractivity contribution is 5.98. The Hall–Kier alpha value is -1.04. The van der Waals surface area contributed by atoms with Gasteiger partial charge in [-0.3, -0.25) is 4.79 Å². The van der Waals surface area contributed by atoms with Gasteiger partial charge in [0.25, 0.3) is 5.91 Å². The fourth-order valence-electron chi connectivity index (χ4n) is 1.74. The Labute approximate surface area is 139 Å². The first-order chi connectivity index (χ1) is 9.04. The molecule has 0 bridgehead atoms. The Morgan fingerprint density at radius 1 is 1.29 bits per heavy atom. The molecule has 122 valence electrons. The average Bonchev–Trinajstić information content (AvgIpc) is 2.36. The van der Waals surface area contributed by atoms with Gasteiger partial charge in [0.2, 0.25) is 0 Å². The van der Waals surface area contributed by atoms with Crippen molar-refractivity contribution >= 4 is 36.5 Å². The van der Waals surface area contributed by atoms with Gasteiger partial charge in [-0.05, 0) is 39.4 Å². The second kappa shape index (κ2) is 11.6. The third kappa shape index (κ3) is 8.09. The van der Waals surface area contributed by atoms with Crippen LogP contribution in [-0.4, -0.2) is 36.1 Å². The number of hydrogen-bond donors (Lipinski definition) is 3. The van der Waals surface area contributed by atoms with Crippen LogP contribution in [0.15, 0.2) is 18.3 Å². The third-order valence-corrected chi connectivity index (χ3v) is 2.60. The number of pyridine rings is 1. The number of rotatable bonds is 7. The van der Waals surface area contributed by atoms with Crippen molar-refractivity contribution in [2.24, 2.45) is 0 Å². The Bertz CT molecular complexity index is 416. The summed E-state index contributed by atoms with van der Waals surface area (Å²) in [4.78, 5) is 16.4. The van der Waals surface area contributed by atoms with E-state index < -0.39 is 0 Å². The van der Waals surface area contributed by atoms with Crippen LogP contribution in [0, 0.1) is 0 Å². The maximum absolute atomic E-state index is 12.1. The number of halogens is 2. The lowest BCUT2D eigenvalue weighted by Gasteiger charge is -2.16. The zero-order chi connectivity index (χ0) is 14.3. The number of carbonyl (C=O) groups is 1. The van der Waals surface area contributed by atoms with E-state index in [4.69, 9.17) is 0 Å². The van der Waals surface area contributed by atoms with E-state index in [1.807, 2.05) is 27.7 Å². The van der Waals surface area contributed by atoms with E-state index in [1.165, 1.54) is 0 Å². The predicted molar refractivity (Wildman–Crippen MR) is 93.0 cm³/mol. The summed E-state index contributed by atoms with van der Waals surface area (Å²) in [6.07, 6.45) is 1.68. The number of hydrogen-bond acceptors (Lipinski definition) is 4. The Morgan fingerprint density at radius 2 is 1.95 bits per heavy atom. The van der Waals surface area contributed by atoms with Crippen molar-refractivity contribution in [2.45, 2.75) is 39.8 Å². The normalized spacial score (nSPS) is 11.1. The summed E-state index contributed by atoms with van der Waals surface area (Å²) >= 11 is 0. The number of amides is 1. The number of nitrogens with zero attached hydrogens (tertiary/aromatic N) is 1. The van der Waals surface area contributed by atoms with Crippen LogP contribution < -0.4 is 16.0 Å². The van der Waals surface area contributed by atoms with Crippen LogP contribution in [0.5, 0.6) is 0 Å². The third-order valence-electron chi connectivity index (χ3n) is 2.60. The fraction of sp³-hybridized carbons (Fsp3) is 0.571. The van der Waals surface area contributed by atoms with Gasteiger partial charge in [0.1, 0.15) is 5.82 Å². The molecule has 1 aromatic rings. The highest BCUT2D eigenvalue weighted by Crippen LogP contribution is 2.12. The van der Waals surface area contributed by atoms with Crippen molar-refractivity contribution in [3.8, 4) is 0 Å². The molecule has 0 aromatic carbocycles. The number of aromatic nitrogens is 1. The van der Waals surface area contributed by atoms with Crippen molar-refractivity contribution in [3.63, 3.8) is 0 Å². The molecule has 21 heavy (non-hydrogen) atoms. The summed E-state index contributed by atoms with van der Waals surface area (Å²) in [5, 5.41) is 9.35. The maximum Gasteiger partial charge on any atom is 0.255 e. The van der Waals surface area contributed by atoms with Crippen LogP contribution in [0.3, 0.4) is 0 Å². The van der Waals surface area contributed by atoms with E-state index in [0.717, 1.165) is 6.54 Å². The second-order valence-electron chi connectivity index (χ2n) is 4.87. The zero-order valence-electron chi connectivity index (χ0n) is 13.0. The zero-order valence-corrected chi connectivity index (χ0v) is 14.6. The monoisotopic (exact) mass is 336 g/mol. The minimum absolute atomic E-state index is 0. The van der Waals surface area contributed by atoms with Gasteiger partial charge in [-0.25, -0.2) is 4.98 Å². The van der Waals surface area contributed by atoms with Gasteiger partial charge in [-0.15, -0.1) is 24.8 Å². The Morgan fingerprint density at radius 3 is 2.52 bits per heavy atom. The molecule has 0 aliphatic heterocycles. The number of nitrogens with one attached hydrogen (secondary N) is 3. The SMILES string of the molecule is CCN[C@H](C)CNC(=O)c1cccnc1NC(C)C.Cl.Cl. The standard InChI is InChI=1S/C14H24N4O.2ClH/c1-5-15-11(4)9-17-14(19)12-7-6-8-16-13(12)18-10(2)3;;/h6-8,10-11,15H,5,9H2,1-4H3,(H,16,18)(H,17,19);2*1H/t11-;;/m1../s1. The van der Waals surface area contributed by atoms with Crippen LogP contribution >= 0.6 is 24.8 Å². The first-order valence-electron chi connectivity index (χ1n) is 6.77. The molecule has 0 fully saturated rings. The van der Waals surface area contributed by atoms with Crippen LogP contribution in [-0.2, 0) is 0 Å². The first-order valence-corrected chi connectivity index (χ1v) is 6.77.